The second kappa shape index (κ2) is 8.29. The average Bonchev–Trinajstić information content (AvgIpc) is 3.54. The highest BCUT2D eigenvalue weighted by Gasteiger charge is 2.11. The maximum atomic E-state index is 12.5. The molecule has 6 rings (SSSR count). The van der Waals surface area contributed by atoms with Crippen LogP contribution < -0.4 is 5.32 Å². The van der Waals surface area contributed by atoms with Crippen LogP contribution in [-0.2, 0) is 6.54 Å². The summed E-state index contributed by atoms with van der Waals surface area (Å²) in [6, 6.07) is 24.0. The van der Waals surface area contributed by atoms with Crippen molar-refractivity contribution in [3.05, 3.63) is 109 Å². The monoisotopic (exact) mass is 445 g/mol. The molecule has 1 N–H and O–H groups in total. The van der Waals surface area contributed by atoms with E-state index in [0.717, 1.165) is 33.4 Å². The molecule has 0 spiro atoms. The summed E-state index contributed by atoms with van der Waals surface area (Å²) in [5.74, 6) is 0.929. The second-order valence-electron chi connectivity index (χ2n) is 7.92. The third-order valence-electron chi connectivity index (χ3n) is 5.66. The summed E-state index contributed by atoms with van der Waals surface area (Å²) in [6.07, 6.45) is 6.64. The van der Waals surface area contributed by atoms with E-state index >= 15 is 0 Å². The number of nitrogens with zero attached hydrogens (tertiary/aromatic N) is 4. The summed E-state index contributed by atoms with van der Waals surface area (Å²) in [7, 11) is 0. The Labute approximate surface area is 194 Å². The Morgan fingerprint density at radius 3 is 2.59 bits per heavy atom. The number of oxazole rings is 1. The van der Waals surface area contributed by atoms with Gasteiger partial charge in [0.15, 0.2) is 5.58 Å². The van der Waals surface area contributed by atoms with Gasteiger partial charge in [-0.1, -0.05) is 48.5 Å². The molecular weight excluding hydrogens is 426 g/mol. The zero-order valence-electron chi connectivity index (χ0n) is 18.1. The van der Waals surface area contributed by atoms with E-state index in [0.29, 0.717) is 23.8 Å². The number of imidazole rings is 1. The minimum atomic E-state index is -0.194. The highest BCUT2D eigenvalue weighted by molar-refractivity contribution is 5.93. The highest BCUT2D eigenvalue weighted by atomic mass is 16.3. The van der Waals surface area contributed by atoms with Crippen LogP contribution in [0.4, 0.5) is 0 Å². The number of nitrogens with one attached hydrogen (secondary N) is 1. The molecule has 164 valence electrons. The van der Waals surface area contributed by atoms with Crippen LogP contribution in [0.25, 0.3) is 39.5 Å². The molecule has 3 heterocycles. The van der Waals surface area contributed by atoms with Crippen molar-refractivity contribution in [1.29, 1.82) is 0 Å². The molecule has 0 unspecified atom stereocenters. The molecule has 0 fully saturated rings. The first-order chi connectivity index (χ1) is 16.7. The molecule has 3 aromatic carbocycles. The van der Waals surface area contributed by atoms with Crippen molar-refractivity contribution in [3.63, 3.8) is 0 Å². The van der Waals surface area contributed by atoms with Crippen LogP contribution in [0.15, 0.2) is 102 Å². The molecule has 1 amide bonds. The fourth-order valence-electron chi connectivity index (χ4n) is 3.84. The fraction of sp³-hybridized carbons (Fsp3) is 0.0370. The predicted octanol–water partition coefficient (Wildman–Crippen LogP) is 5.13. The first-order valence-corrected chi connectivity index (χ1v) is 10.9. The number of aromatic nitrogens is 4. The molecule has 0 bridgehead atoms. The van der Waals surface area contributed by atoms with E-state index < -0.39 is 0 Å². The van der Waals surface area contributed by atoms with Crippen molar-refractivity contribution in [2.45, 2.75) is 6.54 Å². The van der Waals surface area contributed by atoms with Gasteiger partial charge in [-0.15, -0.1) is 0 Å². The molecule has 0 saturated carbocycles. The third-order valence-corrected chi connectivity index (χ3v) is 5.66. The van der Waals surface area contributed by atoms with Crippen LogP contribution >= 0.6 is 0 Å². The van der Waals surface area contributed by atoms with Crippen LogP contribution in [-0.4, -0.2) is 25.3 Å². The molecule has 0 aliphatic heterocycles. The standard InChI is InChI=1S/C27H19N5O2/c33-25(22-16-30-27-28-12-13-32(27)17-22)29-15-18-6-8-20(9-7-18)26-31-23-11-10-21(14-24(23)34-26)19-4-2-1-3-5-19/h1-14,16-17H,15H2,(H,29,33). The molecule has 7 nitrogen and oxygen atoms in total. The number of fused-ring (bicyclic) bond motifs is 2. The predicted molar refractivity (Wildman–Crippen MR) is 129 cm³/mol. The number of carbonyl (C=O) groups excluding carboxylic acids is 1. The van der Waals surface area contributed by atoms with E-state index in [4.69, 9.17) is 4.42 Å². The SMILES string of the molecule is O=C(NCc1ccc(-c2nc3ccc(-c4ccccc4)cc3o2)cc1)c1cnc2nccn2c1. The van der Waals surface area contributed by atoms with E-state index in [1.54, 1.807) is 23.0 Å². The van der Waals surface area contributed by atoms with Crippen molar-refractivity contribution in [2.75, 3.05) is 0 Å². The summed E-state index contributed by atoms with van der Waals surface area (Å²) >= 11 is 0. The summed E-state index contributed by atoms with van der Waals surface area (Å²) in [5, 5.41) is 2.92. The van der Waals surface area contributed by atoms with Gasteiger partial charge < -0.3 is 9.73 Å². The van der Waals surface area contributed by atoms with E-state index in [9.17, 15) is 4.79 Å². The number of amides is 1. The molecule has 3 aromatic heterocycles. The molecule has 0 atom stereocenters. The summed E-state index contributed by atoms with van der Waals surface area (Å²) < 4.78 is 7.76. The molecule has 0 saturated heterocycles. The van der Waals surface area contributed by atoms with Crippen LogP contribution in [0.2, 0.25) is 0 Å². The van der Waals surface area contributed by atoms with Gasteiger partial charge in [0.2, 0.25) is 11.7 Å². The number of benzene rings is 3. The van der Waals surface area contributed by atoms with Crippen molar-refractivity contribution in [1.82, 2.24) is 24.7 Å². The van der Waals surface area contributed by atoms with Crippen LogP contribution in [0.1, 0.15) is 15.9 Å². The fourth-order valence-corrected chi connectivity index (χ4v) is 3.84. The minimum Gasteiger partial charge on any atom is -0.436 e. The van der Waals surface area contributed by atoms with Crippen molar-refractivity contribution in [3.8, 4) is 22.6 Å². The Balaban J connectivity index is 1.16. The third kappa shape index (κ3) is 3.80. The quantitative estimate of drug-likeness (QED) is 0.397. The molecule has 0 aliphatic rings. The van der Waals surface area contributed by atoms with Crippen molar-refractivity contribution < 1.29 is 9.21 Å². The van der Waals surface area contributed by atoms with Gasteiger partial charge in [-0.3, -0.25) is 9.20 Å². The van der Waals surface area contributed by atoms with Gasteiger partial charge in [0, 0.05) is 36.9 Å². The second-order valence-corrected chi connectivity index (χ2v) is 7.92. The van der Waals surface area contributed by atoms with Gasteiger partial charge in [-0.25, -0.2) is 15.0 Å². The minimum absolute atomic E-state index is 0.194. The molecule has 0 radical (unpaired) electrons. The maximum absolute atomic E-state index is 12.5. The van der Waals surface area contributed by atoms with Gasteiger partial charge in [0.25, 0.3) is 5.91 Å². The van der Waals surface area contributed by atoms with Crippen LogP contribution in [0.3, 0.4) is 0 Å². The molecule has 34 heavy (non-hydrogen) atoms. The largest absolute Gasteiger partial charge is 0.436 e. The van der Waals surface area contributed by atoms with Gasteiger partial charge >= 0.3 is 0 Å². The first kappa shape index (κ1) is 19.9. The Hall–Kier alpha value is -4.78. The smallest absolute Gasteiger partial charge is 0.254 e. The summed E-state index contributed by atoms with van der Waals surface area (Å²) in [5.41, 5.74) is 6.10. The Kier molecular flexibility index (Phi) is 4.85. The van der Waals surface area contributed by atoms with E-state index in [2.05, 4.69) is 38.5 Å². The van der Waals surface area contributed by atoms with Gasteiger partial charge in [0.1, 0.15) is 5.52 Å². The van der Waals surface area contributed by atoms with Gasteiger partial charge in [-0.2, -0.15) is 0 Å². The Morgan fingerprint density at radius 1 is 0.912 bits per heavy atom. The maximum Gasteiger partial charge on any atom is 0.254 e. The van der Waals surface area contributed by atoms with Crippen molar-refractivity contribution >= 4 is 22.8 Å². The first-order valence-electron chi connectivity index (χ1n) is 10.9. The van der Waals surface area contributed by atoms with Gasteiger partial charge in [-0.05, 0) is 41.0 Å². The van der Waals surface area contributed by atoms with Gasteiger partial charge in [0.05, 0.1) is 5.56 Å². The zero-order chi connectivity index (χ0) is 22.9. The Morgan fingerprint density at radius 2 is 1.74 bits per heavy atom. The lowest BCUT2D eigenvalue weighted by Gasteiger charge is -2.06. The number of hydrogen-bond donors (Lipinski definition) is 1. The summed E-state index contributed by atoms with van der Waals surface area (Å²) in [4.78, 5) is 25.4. The van der Waals surface area contributed by atoms with E-state index in [-0.39, 0.29) is 5.91 Å². The number of carbonyl (C=O) groups is 1. The molecule has 0 aliphatic carbocycles. The Bertz CT molecular complexity index is 1620. The molecular formula is C27H19N5O2. The van der Waals surface area contributed by atoms with Crippen molar-refractivity contribution in [2.24, 2.45) is 0 Å². The van der Waals surface area contributed by atoms with Crippen LogP contribution in [0, 0.1) is 0 Å². The number of hydrogen-bond acceptors (Lipinski definition) is 5. The molecule has 6 aromatic rings. The zero-order valence-corrected chi connectivity index (χ0v) is 18.1. The number of rotatable bonds is 5. The average molecular weight is 445 g/mol. The molecule has 7 heteroatoms. The van der Waals surface area contributed by atoms with Crippen LogP contribution in [0.5, 0.6) is 0 Å². The lowest BCUT2D eigenvalue weighted by Crippen LogP contribution is -2.23. The summed E-state index contributed by atoms with van der Waals surface area (Å²) in [6.45, 7) is 0.398. The topological polar surface area (TPSA) is 85.3 Å². The lowest BCUT2D eigenvalue weighted by molar-refractivity contribution is 0.0950. The highest BCUT2D eigenvalue weighted by Crippen LogP contribution is 2.28. The van der Waals surface area contributed by atoms with E-state index in [1.807, 2.05) is 54.6 Å². The van der Waals surface area contributed by atoms with E-state index in [1.165, 1.54) is 6.20 Å². The lowest BCUT2D eigenvalue weighted by atomic mass is 10.1. The normalized spacial score (nSPS) is 11.2.